The van der Waals surface area contributed by atoms with Gasteiger partial charge in [-0.15, -0.1) is 0 Å². The molecule has 2 aromatic carbocycles. The third-order valence-electron chi connectivity index (χ3n) is 5.55. The van der Waals surface area contributed by atoms with Crippen molar-refractivity contribution in [1.29, 1.82) is 0 Å². The Bertz CT molecular complexity index is 1180. The van der Waals surface area contributed by atoms with Crippen molar-refractivity contribution >= 4 is 16.9 Å². The minimum Gasteiger partial charge on any atom is -0.450 e. The molecule has 1 amide bonds. The molecule has 0 N–H and O–H groups in total. The fourth-order valence-corrected chi connectivity index (χ4v) is 4.21. The summed E-state index contributed by atoms with van der Waals surface area (Å²) < 4.78 is 39.8. The summed E-state index contributed by atoms with van der Waals surface area (Å²) in [5, 5.41) is 0.0249. The minimum atomic E-state index is -0.952. The van der Waals surface area contributed by atoms with Crippen LogP contribution < -0.4 is 5.43 Å². The summed E-state index contributed by atoms with van der Waals surface area (Å²) in [5.74, 6) is -1.74. The third-order valence-corrected chi connectivity index (χ3v) is 5.55. The molecular formula is C22H17F2NO4. The van der Waals surface area contributed by atoms with Gasteiger partial charge in [0.05, 0.1) is 23.1 Å². The van der Waals surface area contributed by atoms with Crippen LogP contribution >= 0.6 is 0 Å². The lowest BCUT2D eigenvalue weighted by Crippen LogP contribution is -2.36. The first kappa shape index (κ1) is 18.0. The van der Waals surface area contributed by atoms with Crippen molar-refractivity contribution < 1.29 is 22.7 Å². The molecule has 2 aliphatic rings. The second kappa shape index (κ2) is 6.77. The van der Waals surface area contributed by atoms with E-state index in [0.29, 0.717) is 6.61 Å². The molecule has 1 saturated heterocycles. The Morgan fingerprint density at radius 3 is 2.69 bits per heavy atom. The van der Waals surface area contributed by atoms with E-state index in [1.54, 1.807) is 18.2 Å². The predicted molar refractivity (Wildman–Crippen MR) is 101 cm³/mol. The van der Waals surface area contributed by atoms with Crippen LogP contribution in [-0.2, 0) is 4.74 Å². The van der Waals surface area contributed by atoms with E-state index in [9.17, 15) is 18.4 Å². The molecule has 2 atom stereocenters. The average Bonchev–Trinajstić information content (AvgIpc) is 3.31. The predicted octanol–water partition coefficient (Wildman–Crippen LogP) is 3.80. The Hall–Kier alpha value is -3.06. The maximum Gasteiger partial charge on any atom is 0.291 e. The van der Waals surface area contributed by atoms with Gasteiger partial charge in [0, 0.05) is 18.7 Å². The second-order valence-corrected chi connectivity index (χ2v) is 7.33. The molecule has 7 heteroatoms. The van der Waals surface area contributed by atoms with E-state index in [-0.39, 0.29) is 40.5 Å². The lowest BCUT2D eigenvalue weighted by Gasteiger charge is -2.27. The normalized spacial score (nSPS) is 21.2. The molecule has 0 radical (unpaired) electrons. The van der Waals surface area contributed by atoms with Gasteiger partial charge in [-0.1, -0.05) is 18.2 Å². The Kier molecular flexibility index (Phi) is 4.20. The van der Waals surface area contributed by atoms with Crippen LogP contribution in [0.15, 0.2) is 51.7 Å². The number of hydrogen-bond acceptors (Lipinski definition) is 4. The molecule has 0 spiro atoms. The maximum atomic E-state index is 14.7. The Morgan fingerprint density at radius 2 is 1.93 bits per heavy atom. The smallest absolute Gasteiger partial charge is 0.291 e. The average molecular weight is 397 g/mol. The molecule has 0 unspecified atom stereocenters. The summed E-state index contributed by atoms with van der Waals surface area (Å²) in [6.45, 7) is 0.816. The number of nitrogens with zero attached hydrogens (tertiary/aromatic N) is 1. The number of fused-ring (bicyclic) bond motifs is 2. The van der Waals surface area contributed by atoms with E-state index in [4.69, 9.17) is 9.15 Å². The van der Waals surface area contributed by atoms with E-state index in [2.05, 4.69) is 0 Å². The Labute approximate surface area is 164 Å². The van der Waals surface area contributed by atoms with E-state index in [0.717, 1.165) is 25.0 Å². The summed E-state index contributed by atoms with van der Waals surface area (Å²) in [5.41, 5.74) is -0.177. The zero-order chi connectivity index (χ0) is 20.1. The number of benzene rings is 2. The Balaban J connectivity index is 1.74. The van der Waals surface area contributed by atoms with E-state index in [1.807, 2.05) is 0 Å². The highest BCUT2D eigenvalue weighted by atomic mass is 19.1. The van der Waals surface area contributed by atoms with Crippen molar-refractivity contribution in [1.82, 2.24) is 4.90 Å². The molecular weight excluding hydrogens is 380 g/mol. The van der Waals surface area contributed by atoms with Gasteiger partial charge in [-0.25, -0.2) is 8.78 Å². The highest BCUT2D eigenvalue weighted by molar-refractivity contribution is 5.99. The standard InChI is InChI=1S/C22H17F2NO4/c23-12-7-8-17-15(10-12)20(26)18-19(14-5-1-2-6-16(14)24)25(22(27)21(18)29-17)11-13-4-3-9-28-13/h1-2,5-8,10,13,19H,3-4,9,11H2/t13-,19-/m1/s1. The quantitative estimate of drug-likeness (QED) is 0.675. The van der Waals surface area contributed by atoms with Crippen LogP contribution in [0.4, 0.5) is 8.78 Å². The van der Waals surface area contributed by atoms with Crippen molar-refractivity contribution in [2.75, 3.05) is 13.2 Å². The van der Waals surface area contributed by atoms with Gasteiger partial charge < -0.3 is 14.1 Å². The summed E-state index contributed by atoms with van der Waals surface area (Å²) in [4.78, 5) is 27.8. The van der Waals surface area contributed by atoms with Gasteiger partial charge >= 0.3 is 0 Å². The van der Waals surface area contributed by atoms with Gasteiger partial charge in [0.25, 0.3) is 5.91 Å². The molecule has 0 saturated carbocycles. The van der Waals surface area contributed by atoms with E-state index >= 15 is 0 Å². The topological polar surface area (TPSA) is 59.8 Å². The lowest BCUT2D eigenvalue weighted by atomic mass is 9.98. The summed E-state index contributed by atoms with van der Waals surface area (Å²) in [6, 6.07) is 8.62. The van der Waals surface area contributed by atoms with Crippen LogP contribution in [0, 0.1) is 11.6 Å². The van der Waals surface area contributed by atoms with Crippen molar-refractivity contribution in [3.63, 3.8) is 0 Å². The number of carbonyl (C=O) groups excluding carboxylic acids is 1. The van der Waals surface area contributed by atoms with Crippen LogP contribution in [0.3, 0.4) is 0 Å². The summed E-state index contributed by atoms with van der Waals surface area (Å²) >= 11 is 0. The Morgan fingerprint density at radius 1 is 1.10 bits per heavy atom. The fraction of sp³-hybridized carbons (Fsp3) is 0.273. The number of halogens is 2. The molecule has 1 aromatic heterocycles. The first-order valence-electron chi connectivity index (χ1n) is 9.48. The molecule has 0 aliphatic carbocycles. The number of hydrogen-bond donors (Lipinski definition) is 0. The molecule has 1 fully saturated rings. The summed E-state index contributed by atoms with van der Waals surface area (Å²) in [6.07, 6.45) is 1.47. The number of ether oxygens (including phenoxy) is 1. The molecule has 0 bridgehead atoms. The first-order valence-corrected chi connectivity index (χ1v) is 9.48. The minimum absolute atomic E-state index is 0.0249. The molecule has 3 heterocycles. The van der Waals surface area contributed by atoms with Gasteiger partial charge in [-0.2, -0.15) is 0 Å². The zero-order valence-electron chi connectivity index (χ0n) is 15.4. The van der Waals surface area contributed by atoms with Gasteiger partial charge in [0.2, 0.25) is 5.76 Å². The van der Waals surface area contributed by atoms with Crippen LogP contribution in [-0.4, -0.2) is 30.1 Å². The van der Waals surface area contributed by atoms with Gasteiger partial charge in [0.15, 0.2) is 5.43 Å². The highest BCUT2D eigenvalue weighted by Gasteiger charge is 2.44. The van der Waals surface area contributed by atoms with Gasteiger partial charge in [0.1, 0.15) is 17.2 Å². The van der Waals surface area contributed by atoms with Crippen LogP contribution in [0.5, 0.6) is 0 Å². The van der Waals surface area contributed by atoms with Crippen molar-refractivity contribution in [2.24, 2.45) is 0 Å². The molecule has 5 nitrogen and oxygen atoms in total. The highest BCUT2D eigenvalue weighted by Crippen LogP contribution is 2.39. The molecule has 148 valence electrons. The van der Waals surface area contributed by atoms with Crippen LogP contribution in [0.1, 0.15) is 40.6 Å². The monoisotopic (exact) mass is 397 g/mol. The zero-order valence-corrected chi connectivity index (χ0v) is 15.4. The molecule has 5 rings (SSSR count). The third kappa shape index (κ3) is 2.84. The second-order valence-electron chi connectivity index (χ2n) is 7.33. The van der Waals surface area contributed by atoms with Gasteiger partial charge in [-0.05, 0) is 37.1 Å². The van der Waals surface area contributed by atoms with Crippen molar-refractivity contribution in [3.8, 4) is 0 Å². The van der Waals surface area contributed by atoms with E-state index in [1.165, 1.54) is 17.0 Å². The molecule has 2 aliphatic heterocycles. The number of carbonyl (C=O) groups is 1. The van der Waals surface area contributed by atoms with Gasteiger partial charge in [-0.3, -0.25) is 9.59 Å². The lowest BCUT2D eigenvalue weighted by molar-refractivity contribution is 0.0483. The van der Waals surface area contributed by atoms with Crippen molar-refractivity contribution in [3.05, 3.63) is 81.2 Å². The fourth-order valence-electron chi connectivity index (χ4n) is 4.21. The van der Waals surface area contributed by atoms with Crippen LogP contribution in [0.25, 0.3) is 11.0 Å². The van der Waals surface area contributed by atoms with Crippen molar-refractivity contribution in [2.45, 2.75) is 25.0 Å². The maximum absolute atomic E-state index is 14.7. The molecule has 29 heavy (non-hydrogen) atoms. The van der Waals surface area contributed by atoms with Crippen LogP contribution in [0.2, 0.25) is 0 Å². The summed E-state index contributed by atoms with van der Waals surface area (Å²) in [7, 11) is 0. The first-order chi connectivity index (χ1) is 14.0. The number of amides is 1. The largest absolute Gasteiger partial charge is 0.450 e. The molecule has 3 aromatic rings. The SMILES string of the molecule is O=C1c2oc3ccc(F)cc3c(=O)c2[C@@H](c2ccccc2F)N1C[C@H]1CCCO1. The number of rotatable bonds is 3. The van der Waals surface area contributed by atoms with E-state index < -0.39 is 29.0 Å².